The molecule has 2 fully saturated rings. The maximum absolute atomic E-state index is 12.6. The number of aldehydes is 1. The van der Waals surface area contributed by atoms with Gasteiger partial charge in [0, 0.05) is 70.2 Å². The second kappa shape index (κ2) is 31.8. The van der Waals surface area contributed by atoms with E-state index >= 15 is 0 Å². The van der Waals surface area contributed by atoms with E-state index in [1.807, 2.05) is 24.4 Å². The summed E-state index contributed by atoms with van der Waals surface area (Å²) in [4.78, 5) is 37.5. The van der Waals surface area contributed by atoms with Crippen molar-refractivity contribution in [2.75, 3.05) is 179 Å². The summed E-state index contributed by atoms with van der Waals surface area (Å²) in [5, 5.41) is 12.9. The number of ether oxygens (including phenoxy) is 8. The number of rotatable bonds is 37. The SMILES string of the molecule is CN1CCC(C=O)(C2=C(N(C)Cc3nc4cc(Cl)ccc4n3CCCCOCCOCCOCCOCCOCCOCCOCCOCCN3CCN(CCC(=O)O)CC3)CNC=C2)CC1. The number of carboxylic acid groups (broad SMARTS) is 1. The van der Waals surface area contributed by atoms with Crippen molar-refractivity contribution in [2.24, 2.45) is 5.41 Å². The number of hydrogen-bond acceptors (Lipinski definition) is 16. The van der Waals surface area contributed by atoms with Gasteiger partial charge in [0.2, 0.25) is 0 Å². The highest BCUT2D eigenvalue weighted by molar-refractivity contribution is 6.31. The normalized spacial score (nSPS) is 17.1. The second-order valence-electron chi connectivity index (χ2n) is 17.3. The van der Waals surface area contributed by atoms with Gasteiger partial charge in [-0.2, -0.15) is 0 Å². The molecule has 0 saturated carbocycles. The number of aliphatic carboxylic acids is 1. The first-order chi connectivity index (χ1) is 32.8. The number of carboxylic acids is 1. The maximum atomic E-state index is 12.6. The predicted octanol–water partition coefficient (Wildman–Crippen LogP) is 3.41. The number of allylic oxidation sites excluding steroid dienone is 2. The van der Waals surface area contributed by atoms with Crippen LogP contribution in [0, 0.1) is 5.41 Å². The van der Waals surface area contributed by atoms with E-state index < -0.39 is 11.4 Å². The van der Waals surface area contributed by atoms with Crippen molar-refractivity contribution in [2.45, 2.75) is 45.2 Å². The summed E-state index contributed by atoms with van der Waals surface area (Å²) in [6.45, 7) is 17.5. The molecule has 18 nitrogen and oxygen atoms in total. The summed E-state index contributed by atoms with van der Waals surface area (Å²) in [7, 11) is 4.21. The number of benzene rings is 1. The van der Waals surface area contributed by atoms with E-state index in [2.05, 4.69) is 49.7 Å². The number of imidazole rings is 1. The molecule has 3 aliphatic rings. The number of halogens is 1. The van der Waals surface area contributed by atoms with Gasteiger partial charge in [-0.05, 0) is 81.9 Å². The zero-order valence-corrected chi connectivity index (χ0v) is 40.9. The van der Waals surface area contributed by atoms with Crippen molar-refractivity contribution >= 4 is 34.9 Å². The van der Waals surface area contributed by atoms with Crippen LogP contribution in [-0.4, -0.2) is 225 Å². The Morgan fingerprint density at radius 3 is 1.81 bits per heavy atom. The van der Waals surface area contributed by atoms with Crippen LogP contribution in [-0.2, 0) is 60.6 Å². The first-order valence-corrected chi connectivity index (χ1v) is 24.6. The van der Waals surface area contributed by atoms with Crippen molar-refractivity contribution in [1.29, 1.82) is 0 Å². The van der Waals surface area contributed by atoms with Crippen LogP contribution >= 0.6 is 11.6 Å². The fourth-order valence-corrected chi connectivity index (χ4v) is 8.55. The molecule has 0 amide bonds. The van der Waals surface area contributed by atoms with Crippen LogP contribution in [0.3, 0.4) is 0 Å². The molecule has 0 atom stereocenters. The summed E-state index contributed by atoms with van der Waals surface area (Å²) in [5.74, 6) is 0.221. The number of piperidine rings is 1. The number of nitrogens with one attached hydrogen (secondary N) is 1. The van der Waals surface area contributed by atoms with Crippen LogP contribution in [0.4, 0.5) is 0 Å². The third-order valence-corrected chi connectivity index (χ3v) is 12.6. The maximum Gasteiger partial charge on any atom is 0.304 e. The monoisotopic (exact) mass is 964 g/mol. The largest absolute Gasteiger partial charge is 0.481 e. The molecule has 5 rings (SSSR count). The number of fused-ring (bicyclic) bond motifs is 1. The zero-order chi connectivity index (χ0) is 47.4. The molecule has 2 aromatic rings. The first-order valence-electron chi connectivity index (χ1n) is 24.2. The molecule has 0 aliphatic carbocycles. The summed E-state index contributed by atoms with van der Waals surface area (Å²) in [5.41, 5.74) is 3.71. The molecule has 2 saturated heterocycles. The number of aryl methyl sites for hydroxylation is 1. The fraction of sp³-hybridized carbons (Fsp3) is 0.729. The standard InChI is InChI=1S/C48H78ClN7O11/c1-52-14-9-48(40-57,10-15-52)42-7-11-50-38-45(42)53(2)39-46-51-43-37-41(49)5-6-44(43)56(46)12-3-4-21-60-23-25-62-27-29-64-31-33-66-35-36-67-34-32-65-30-28-63-26-24-61-22-20-55-18-16-54(17-19-55)13-8-47(58)59/h5-7,11,37,40,50H,3-4,8-10,12-36,38-39H2,1-2H3,(H,58,59). The second-order valence-corrected chi connectivity index (χ2v) is 17.7. The lowest BCUT2D eigenvalue weighted by atomic mass is 9.72. The minimum absolute atomic E-state index is 0.201. The zero-order valence-electron chi connectivity index (χ0n) is 40.2. The van der Waals surface area contributed by atoms with Gasteiger partial charge in [0.1, 0.15) is 12.1 Å². The lowest BCUT2D eigenvalue weighted by molar-refractivity contribution is -0.137. The van der Waals surface area contributed by atoms with Crippen molar-refractivity contribution in [3.63, 3.8) is 0 Å². The molecule has 19 heteroatoms. The van der Waals surface area contributed by atoms with Crippen LogP contribution in [0.5, 0.6) is 0 Å². The van der Waals surface area contributed by atoms with Crippen molar-refractivity contribution in [1.82, 2.24) is 34.5 Å². The van der Waals surface area contributed by atoms with E-state index in [-0.39, 0.29) is 6.42 Å². The van der Waals surface area contributed by atoms with E-state index in [0.29, 0.717) is 130 Å². The molecule has 4 heterocycles. The number of carbonyl (C=O) groups excluding carboxylic acids is 1. The van der Waals surface area contributed by atoms with Gasteiger partial charge in [-0.15, -0.1) is 0 Å². The third kappa shape index (κ3) is 20.0. The van der Waals surface area contributed by atoms with E-state index in [0.717, 1.165) is 106 Å². The first kappa shape index (κ1) is 54.7. The van der Waals surface area contributed by atoms with E-state index in [9.17, 15) is 9.59 Å². The van der Waals surface area contributed by atoms with Gasteiger partial charge in [-0.3, -0.25) is 9.69 Å². The van der Waals surface area contributed by atoms with Gasteiger partial charge in [0.05, 0.1) is 135 Å². The van der Waals surface area contributed by atoms with Crippen LogP contribution in [0.25, 0.3) is 11.0 Å². The average Bonchev–Trinajstić information content (AvgIpc) is 3.67. The van der Waals surface area contributed by atoms with Crippen LogP contribution in [0.15, 0.2) is 41.7 Å². The molecule has 3 aliphatic heterocycles. The Kier molecular flexibility index (Phi) is 26.0. The molecule has 0 unspecified atom stereocenters. The number of carbonyl (C=O) groups is 2. The van der Waals surface area contributed by atoms with Crippen molar-refractivity contribution in [3.05, 3.63) is 52.6 Å². The molecule has 0 radical (unpaired) electrons. The van der Waals surface area contributed by atoms with Gasteiger partial charge < -0.3 is 72.4 Å². The molecule has 67 heavy (non-hydrogen) atoms. The number of aromatic nitrogens is 2. The number of likely N-dealkylation sites (tertiary alicyclic amines) is 1. The number of unbranched alkanes of at least 4 members (excludes halogenated alkanes) is 1. The molecule has 2 N–H and O–H groups in total. The lowest BCUT2D eigenvalue weighted by Crippen LogP contribution is -2.47. The third-order valence-electron chi connectivity index (χ3n) is 12.4. The van der Waals surface area contributed by atoms with Gasteiger partial charge >= 0.3 is 5.97 Å². The van der Waals surface area contributed by atoms with E-state index in [1.54, 1.807) is 0 Å². The van der Waals surface area contributed by atoms with E-state index in [1.165, 1.54) is 6.29 Å². The molecular weight excluding hydrogens is 886 g/mol. The Balaban J connectivity index is 0.799. The lowest BCUT2D eigenvalue weighted by Gasteiger charge is -2.41. The molecule has 1 aromatic heterocycles. The number of dihydropyridines is 1. The quantitative estimate of drug-likeness (QED) is 0.0746. The fourth-order valence-electron chi connectivity index (χ4n) is 8.38. The van der Waals surface area contributed by atoms with Gasteiger partial charge in [0.25, 0.3) is 0 Å². The summed E-state index contributed by atoms with van der Waals surface area (Å²) < 4.78 is 47.4. The van der Waals surface area contributed by atoms with E-state index in [4.69, 9.17) is 59.6 Å². The Morgan fingerprint density at radius 1 is 0.746 bits per heavy atom. The summed E-state index contributed by atoms with van der Waals surface area (Å²) >= 11 is 6.38. The number of nitrogens with zero attached hydrogens (tertiary/aromatic N) is 6. The van der Waals surface area contributed by atoms with Gasteiger partial charge in [-0.1, -0.05) is 11.6 Å². The summed E-state index contributed by atoms with van der Waals surface area (Å²) in [6.07, 6.45) is 8.91. The predicted molar refractivity (Wildman–Crippen MR) is 257 cm³/mol. The summed E-state index contributed by atoms with van der Waals surface area (Å²) in [6, 6.07) is 5.89. The molecule has 0 spiro atoms. The Morgan fingerprint density at radius 2 is 1.27 bits per heavy atom. The molecule has 378 valence electrons. The highest BCUT2D eigenvalue weighted by atomic mass is 35.5. The molecular formula is C48H78ClN7O11. The van der Waals surface area contributed by atoms with Crippen molar-refractivity contribution in [3.8, 4) is 0 Å². The highest BCUT2D eigenvalue weighted by Crippen LogP contribution is 2.40. The van der Waals surface area contributed by atoms with Crippen molar-refractivity contribution < 1.29 is 52.6 Å². The minimum Gasteiger partial charge on any atom is -0.481 e. The number of piperazine rings is 1. The minimum atomic E-state index is -0.742. The highest BCUT2D eigenvalue weighted by Gasteiger charge is 2.39. The topological polar surface area (TPSA) is 171 Å². The Labute approximate surface area is 402 Å². The van der Waals surface area contributed by atoms with Crippen LogP contribution in [0.2, 0.25) is 5.02 Å². The van der Waals surface area contributed by atoms with Gasteiger partial charge in [0.15, 0.2) is 0 Å². The Hall–Kier alpha value is -3.24. The average molecular weight is 965 g/mol. The van der Waals surface area contributed by atoms with Crippen LogP contribution < -0.4 is 5.32 Å². The molecule has 1 aromatic carbocycles. The smallest absolute Gasteiger partial charge is 0.304 e. The Bertz CT molecular complexity index is 1770. The van der Waals surface area contributed by atoms with Gasteiger partial charge in [-0.25, -0.2) is 4.98 Å². The van der Waals surface area contributed by atoms with Crippen LogP contribution in [0.1, 0.15) is 37.9 Å². The number of likely N-dealkylation sites (N-methyl/N-ethyl adjacent to an activating group) is 1. The molecule has 0 bridgehead atoms. The number of hydrogen-bond donors (Lipinski definition) is 2.